The van der Waals surface area contributed by atoms with E-state index < -0.39 is 0 Å². The second kappa shape index (κ2) is 10.5. The van der Waals surface area contributed by atoms with Crippen LogP contribution in [0.4, 0.5) is 5.69 Å². The number of nitrogens with one attached hydrogen (secondary N) is 2. The van der Waals surface area contributed by atoms with Gasteiger partial charge < -0.3 is 25.0 Å². The molecule has 4 rings (SSSR count). The van der Waals surface area contributed by atoms with Crippen molar-refractivity contribution in [3.63, 3.8) is 0 Å². The zero-order valence-corrected chi connectivity index (χ0v) is 19.6. The molecule has 3 atom stereocenters. The second-order valence-corrected chi connectivity index (χ2v) is 9.57. The maximum atomic E-state index is 13.2. The monoisotopic (exact) mass is 457 g/mol. The van der Waals surface area contributed by atoms with Crippen molar-refractivity contribution in [3.05, 3.63) is 23.8 Å². The first-order chi connectivity index (χ1) is 15.9. The van der Waals surface area contributed by atoms with Gasteiger partial charge in [-0.1, -0.05) is 19.3 Å². The van der Waals surface area contributed by atoms with Crippen molar-refractivity contribution >= 4 is 23.4 Å². The molecule has 1 aromatic carbocycles. The molecule has 2 N–H and O–H groups in total. The standard InChI is InChI=1S/C25H35N3O5/c1-16(29)27-18-8-11-22-20(12-18)25(31)28(2)21-10-9-19(33-23(21)15-32-22)13-24(30)26-14-17-6-4-3-5-7-17/h8,11-12,17,19,21,23H,3-7,9-10,13-15H2,1-2H3,(H,26,30)(H,27,29)/t19-,21+,23+/m0/s1. The van der Waals surface area contributed by atoms with Crippen LogP contribution in [0.3, 0.4) is 0 Å². The quantitative estimate of drug-likeness (QED) is 0.708. The molecule has 0 spiro atoms. The number of carbonyl (C=O) groups is 3. The Hall–Kier alpha value is -2.61. The molecule has 0 bridgehead atoms. The zero-order valence-electron chi connectivity index (χ0n) is 19.6. The first-order valence-electron chi connectivity index (χ1n) is 12.1. The summed E-state index contributed by atoms with van der Waals surface area (Å²) in [4.78, 5) is 38.8. The minimum Gasteiger partial charge on any atom is -0.490 e. The van der Waals surface area contributed by atoms with Gasteiger partial charge in [-0.05, 0) is 49.8 Å². The molecule has 3 aliphatic rings. The number of amides is 3. The normalized spacial score (nSPS) is 25.7. The summed E-state index contributed by atoms with van der Waals surface area (Å²) in [5.41, 5.74) is 0.981. The molecule has 33 heavy (non-hydrogen) atoms. The largest absolute Gasteiger partial charge is 0.490 e. The number of fused-ring (bicyclic) bond motifs is 2. The van der Waals surface area contributed by atoms with Gasteiger partial charge in [-0.25, -0.2) is 0 Å². The van der Waals surface area contributed by atoms with Gasteiger partial charge in [-0.15, -0.1) is 0 Å². The fraction of sp³-hybridized carbons (Fsp3) is 0.640. The Morgan fingerprint density at radius 3 is 2.67 bits per heavy atom. The molecule has 1 saturated heterocycles. The third kappa shape index (κ3) is 5.85. The first kappa shape index (κ1) is 23.5. The molecule has 2 heterocycles. The number of ether oxygens (including phenoxy) is 2. The fourth-order valence-corrected chi connectivity index (χ4v) is 5.24. The highest BCUT2D eigenvalue weighted by molar-refractivity contribution is 5.99. The highest BCUT2D eigenvalue weighted by atomic mass is 16.5. The minimum atomic E-state index is -0.299. The number of hydrogen-bond acceptors (Lipinski definition) is 5. The average Bonchev–Trinajstić information content (AvgIpc) is 2.81. The molecule has 3 amide bonds. The first-order valence-corrected chi connectivity index (χ1v) is 12.1. The van der Waals surface area contributed by atoms with Gasteiger partial charge in [0.25, 0.3) is 5.91 Å². The Morgan fingerprint density at radius 2 is 1.91 bits per heavy atom. The van der Waals surface area contributed by atoms with Crippen molar-refractivity contribution in [2.24, 2.45) is 5.92 Å². The third-order valence-electron chi connectivity index (χ3n) is 7.06. The van der Waals surface area contributed by atoms with E-state index in [1.165, 1.54) is 39.0 Å². The van der Waals surface area contributed by atoms with Crippen molar-refractivity contribution in [3.8, 4) is 5.75 Å². The van der Waals surface area contributed by atoms with Crippen LogP contribution in [0.5, 0.6) is 5.75 Å². The second-order valence-electron chi connectivity index (χ2n) is 9.57. The van der Waals surface area contributed by atoms with Gasteiger partial charge in [-0.2, -0.15) is 0 Å². The molecule has 180 valence electrons. The summed E-state index contributed by atoms with van der Waals surface area (Å²) in [5.74, 6) is 0.743. The third-order valence-corrected chi connectivity index (χ3v) is 7.06. The van der Waals surface area contributed by atoms with Crippen molar-refractivity contribution in [2.75, 3.05) is 25.5 Å². The molecule has 0 aromatic heterocycles. The van der Waals surface area contributed by atoms with Gasteiger partial charge in [-0.3, -0.25) is 14.4 Å². The number of rotatable bonds is 5. The smallest absolute Gasteiger partial charge is 0.257 e. The van der Waals surface area contributed by atoms with Crippen molar-refractivity contribution in [2.45, 2.75) is 76.5 Å². The van der Waals surface area contributed by atoms with E-state index in [-0.39, 0.29) is 36.0 Å². The van der Waals surface area contributed by atoms with E-state index in [0.717, 1.165) is 13.0 Å². The molecule has 2 aliphatic heterocycles. The average molecular weight is 458 g/mol. The van der Waals surface area contributed by atoms with Crippen LogP contribution in [0.25, 0.3) is 0 Å². The lowest BCUT2D eigenvalue weighted by molar-refractivity contribution is -0.134. The van der Waals surface area contributed by atoms with Crippen LogP contribution in [0.2, 0.25) is 0 Å². The SMILES string of the molecule is CC(=O)Nc1ccc2c(c1)C(=O)N(C)[C@@H]1CC[C@@H](CC(=O)NCC3CCCCC3)O[C@@H]1CO2. The lowest BCUT2D eigenvalue weighted by Gasteiger charge is -2.42. The number of nitrogens with zero attached hydrogens (tertiary/aromatic N) is 1. The predicted octanol–water partition coefficient (Wildman–Crippen LogP) is 3.11. The Labute approximate surface area is 195 Å². The summed E-state index contributed by atoms with van der Waals surface area (Å²) in [5, 5.41) is 5.81. The molecule has 0 radical (unpaired) electrons. The van der Waals surface area contributed by atoms with Crippen LogP contribution >= 0.6 is 0 Å². The van der Waals surface area contributed by atoms with E-state index in [0.29, 0.717) is 42.4 Å². The van der Waals surface area contributed by atoms with Gasteiger partial charge in [0, 0.05) is 26.2 Å². The number of likely N-dealkylation sites (N-methyl/N-ethyl adjacent to an activating group) is 1. The molecule has 8 heteroatoms. The summed E-state index contributed by atoms with van der Waals surface area (Å²) in [6, 6.07) is 4.94. The molecular formula is C25H35N3O5. The lowest BCUT2D eigenvalue weighted by atomic mass is 9.89. The summed E-state index contributed by atoms with van der Waals surface area (Å²) in [6.45, 7) is 2.49. The van der Waals surface area contributed by atoms with Gasteiger partial charge in [0.2, 0.25) is 11.8 Å². The highest BCUT2D eigenvalue weighted by Crippen LogP contribution is 2.32. The summed E-state index contributed by atoms with van der Waals surface area (Å²) in [6.07, 6.45) is 7.57. The maximum absolute atomic E-state index is 13.2. The number of anilines is 1. The van der Waals surface area contributed by atoms with E-state index in [4.69, 9.17) is 9.47 Å². The van der Waals surface area contributed by atoms with Gasteiger partial charge in [0.1, 0.15) is 18.5 Å². The molecule has 1 saturated carbocycles. The van der Waals surface area contributed by atoms with E-state index in [9.17, 15) is 14.4 Å². The molecule has 8 nitrogen and oxygen atoms in total. The fourth-order valence-electron chi connectivity index (χ4n) is 5.24. The Bertz CT molecular complexity index is 883. The highest BCUT2D eigenvalue weighted by Gasteiger charge is 2.39. The van der Waals surface area contributed by atoms with Crippen LogP contribution in [0.1, 0.15) is 68.6 Å². The van der Waals surface area contributed by atoms with Crippen LogP contribution in [0.15, 0.2) is 18.2 Å². The van der Waals surface area contributed by atoms with Gasteiger partial charge in [0.15, 0.2) is 0 Å². The molecule has 2 fully saturated rings. The predicted molar refractivity (Wildman–Crippen MR) is 124 cm³/mol. The minimum absolute atomic E-state index is 0.0380. The topological polar surface area (TPSA) is 97.0 Å². The summed E-state index contributed by atoms with van der Waals surface area (Å²) < 4.78 is 12.2. The van der Waals surface area contributed by atoms with Crippen molar-refractivity contribution in [1.29, 1.82) is 0 Å². The number of hydrogen-bond donors (Lipinski definition) is 2. The van der Waals surface area contributed by atoms with Crippen molar-refractivity contribution in [1.82, 2.24) is 10.2 Å². The van der Waals surface area contributed by atoms with E-state index in [1.807, 2.05) is 0 Å². The molecule has 1 aromatic rings. The molecule has 1 aliphatic carbocycles. The van der Waals surface area contributed by atoms with Crippen LogP contribution in [-0.2, 0) is 14.3 Å². The Morgan fingerprint density at radius 1 is 1.12 bits per heavy atom. The summed E-state index contributed by atoms with van der Waals surface area (Å²) >= 11 is 0. The lowest BCUT2D eigenvalue weighted by Crippen LogP contribution is -2.54. The van der Waals surface area contributed by atoms with E-state index in [2.05, 4.69) is 10.6 Å². The number of benzene rings is 1. The Kier molecular flexibility index (Phi) is 7.53. The number of carbonyl (C=O) groups excluding carboxylic acids is 3. The van der Waals surface area contributed by atoms with Crippen LogP contribution in [-0.4, -0.2) is 61.1 Å². The van der Waals surface area contributed by atoms with E-state index >= 15 is 0 Å². The summed E-state index contributed by atoms with van der Waals surface area (Å²) in [7, 11) is 1.78. The van der Waals surface area contributed by atoms with E-state index in [1.54, 1.807) is 30.1 Å². The maximum Gasteiger partial charge on any atom is 0.257 e. The molecular weight excluding hydrogens is 422 g/mol. The Balaban J connectivity index is 1.36. The van der Waals surface area contributed by atoms with Gasteiger partial charge in [0.05, 0.1) is 24.1 Å². The van der Waals surface area contributed by atoms with Crippen LogP contribution < -0.4 is 15.4 Å². The van der Waals surface area contributed by atoms with Gasteiger partial charge >= 0.3 is 0 Å². The van der Waals surface area contributed by atoms with Crippen LogP contribution in [0, 0.1) is 5.92 Å². The molecule has 0 unspecified atom stereocenters. The van der Waals surface area contributed by atoms with Crippen molar-refractivity contribution < 1.29 is 23.9 Å². The zero-order chi connectivity index (χ0) is 23.4.